The molecule has 2 aromatic carbocycles. The first kappa shape index (κ1) is 15.8. The van der Waals surface area contributed by atoms with Crippen molar-refractivity contribution in [2.24, 2.45) is 5.41 Å². The van der Waals surface area contributed by atoms with Crippen LogP contribution in [0.3, 0.4) is 0 Å². The Morgan fingerprint density at radius 1 is 1.04 bits per heavy atom. The summed E-state index contributed by atoms with van der Waals surface area (Å²) in [6.45, 7) is 1.75. The zero-order chi connectivity index (χ0) is 17.4. The van der Waals surface area contributed by atoms with E-state index in [1.807, 2.05) is 35.2 Å². The first-order chi connectivity index (χ1) is 12.1. The van der Waals surface area contributed by atoms with Gasteiger partial charge in [-0.1, -0.05) is 24.3 Å². The molecule has 0 N–H and O–H groups in total. The highest BCUT2D eigenvalue weighted by atomic mass is 19.1. The van der Waals surface area contributed by atoms with E-state index >= 15 is 0 Å². The van der Waals surface area contributed by atoms with Gasteiger partial charge >= 0.3 is 0 Å². The van der Waals surface area contributed by atoms with Gasteiger partial charge in [0.05, 0.1) is 0 Å². The van der Waals surface area contributed by atoms with Crippen LogP contribution in [0.4, 0.5) is 10.1 Å². The molecule has 2 aliphatic rings. The van der Waals surface area contributed by atoms with Crippen molar-refractivity contribution in [1.82, 2.24) is 4.90 Å². The topological polar surface area (TPSA) is 40.6 Å². The minimum atomic E-state index is -0.349. The molecule has 2 aliphatic heterocycles. The molecule has 0 aromatic heterocycles. The van der Waals surface area contributed by atoms with Gasteiger partial charge in [0.1, 0.15) is 5.82 Å². The van der Waals surface area contributed by atoms with E-state index in [1.165, 1.54) is 12.1 Å². The molecule has 4 nitrogen and oxygen atoms in total. The summed E-state index contributed by atoms with van der Waals surface area (Å²) in [6.07, 6.45) is 1.20. The third kappa shape index (κ3) is 2.90. The van der Waals surface area contributed by atoms with Crippen LogP contribution in [0.5, 0.6) is 0 Å². The molecule has 1 spiro atoms. The molecule has 4 rings (SSSR count). The molecule has 2 heterocycles. The highest BCUT2D eigenvalue weighted by molar-refractivity contribution is 5.97. The van der Waals surface area contributed by atoms with Gasteiger partial charge < -0.3 is 9.80 Å². The standard InChI is InChI=1S/C20H19FN2O2/c21-16-7-4-8-17(11-16)23-14-20(12-18(23)24)9-10-22(13-20)19(25)15-5-2-1-3-6-15/h1-8,11H,9-10,12-14H2/t20-/m0/s1. The van der Waals surface area contributed by atoms with Crippen molar-refractivity contribution >= 4 is 17.5 Å². The Morgan fingerprint density at radius 2 is 1.84 bits per heavy atom. The summed E-state index contributed by atoms with van der Waals surface area (Å²) in [5.74, 6) is -0.340. The lowest BCUT2D eigenvalue weighted by molar-refractivity contribution is -0.117. The van der Waals surface area contributed by atoms with Gasteiger partial charge in [0.2, 0.25) is 5.91 Å². The summed E-state index contributed by atoms with van der Waals surface area (Å²) in [5.41, 5.74) is 1.04. The van der Waals surface area contributed by atoms with Crippen LogP contribution in [0.2, 0.25) is 0 Å². The molecule has 2 fully saturated rings. The number of rotatable bonds is 2. The fourth-order valence-electron chi connectivity index (χ4n) is 3.92. The molecule has 5 heteroatoms. The molecule has 2 saturated heterocycles. The van der Waals surface area contributed by atoms with E-state index in [0.29, 0.717) is 37.3 Å². The zero-order valence-corrected chi connectivity index (χ0v) is 13.8. The highest BCUT2D eigenvalue weighted by Crippen LogP contribution is 2.42. The maximum Gasteiger partial charge on any atom is 0.253 e. The zero-order valence-electron chi connectivity index (χ0n) is 13.8. The predicted octanol–water partition coefficient (Wildman–Crippen LogP) is 3.09. The van der Waals surface area contributed by atoms with Gasteiger partial charge in [0, 0.05) is 42.7 Å². The molecule has 0 saturated carbocycles. The van der Waals surface area contributed by atoms with Crippen molar-refractivity contribution < 1.29 is 14.0 Å². The Bertz CT molecular complexity index is 823. The molecule has 0 bridgehead atoms. The summed E-state index contributed by atoms with van der Waals surface area (Å²) in [5, 5.41) is 0. The molecular formula is C20H19FN2O2. The maximum absolute atomic E-state index is 13.5. The minimum Gasteiger partial charge on any atom is -0.338 e. The normalized spacial score (nSPS) is 22.8. The highest BCUT2D eigenvalue weighted by Gasteiger charge is 2.48. The molecule has 128 valence electrons. The molecule has 2 aromatic rings. The summed E-state index contributed by atoms with van der Waals surface area (Å²) in [7, 11) is 0. The summed E-state index contributed by atoms with van der Waals surface area (Å²) in [6, 6.07) is 15.3. The number of likely N-dealkylation sites (tertiary alicyclic amines) is 1. The van der Waals surface area contributed by atoms with E-state index in [0.717, 1.165) is 6.42 Å². The van der Waals surface area contributed by atoms with Crippen molar-refractivity contribution in [1.29, 1.82) is 0 Å². The van der Waals surface area contributed by atoms with E-state index in [9.17, 15) is 14.0 Å². The summed E-state index contributed by atoms with van der Waals surface area (Å²) in [4.78, 5) is 28.6. The summed E-state index contributed by atoms with van der Waals surface area (Å²) < 4.78 is 13.5. The van der Waals surface area contributed by atoms with E-state index in [-0.39, 0.29) is 23.0 Å². The number of anilines is 1. The van der Waals surface area contributed by atoms with Crippen LogP contribution in [-0.2, 0) is 4.79 Å². The third-order valence-corrected chi connectivity index (χ3v) is 5.19. The molecule has 0 radical (unpaired) electrons. The Morgan fingerprint density at radius 3 is 2.60 bits per heavy atom. The average Bonchev–Trinajstić information content (AvgIpc) is 3.18. The SMILES string of the molecule is O=C(c1ccccc1)N1CC[C@]2(CC(=O)N(c3cccc(F)c3)C2)C1. The fraction of sp³-hybridized carbons (Fsp3) is 0.300. The number of benzene rings is 2. The second-order valence-corrected chi connectivity index (χ2v) is 6.98. The molecule has 25 heavy (non-hydrogen) atoms. The van der Waals surface area contributed by atoms with Crippen molar-refractivity contribution in [3.8, 4) is 0 Å². The van der Waals surface area contributed by atoms with Crippen LogP contribution in [0.1, 0.15) is 23.2 Å². The largest absolute Gasteiger partial charge is 0.338 e. The van der Waals surface area contributed by atoms with Gasteiger partial charge in [-0.05, 0) is 36.8 Å². The Kier molecular flexibility index (Phi) is 3.79. The van der Waals surface area contributed by atoms with Crippen molar-refractivity contribution in [3.63, 3.8) is 0 Å². The number of hydrogen-bond acceptors (Lipinski definition) is 2. The quantitative estimate of drug-likeness (QED) is 0.844. The van der Waals surface area contributed by atoms with Crippen LogP contribution in [0, 0.1) is 11.2 Å². The van der Waals surface area contributed by atoms with Gasteiger partial charge in [-0.25, -0.2) is 4.39 Å². The van der Waals surface area contributed by atoms with Gasteiger partial charge in [0.15, 0.2) is 0 Å². The average molecular weight is 338 g/mol. The third-order valence-electron chi connectivity index (χ3n) is 5.19. The fourth-order valence-corrected chi connectivity index (χ4v) is 3.92. The maximum atomic E-state index is 13.5. The van der Waals surface area contributed by atoms with Crippen LogP contribution in [0.25, 0.3) is 0 Å². The van der Waals surface area contributed by atoms with E-state index in [2.05, 4.69) is 0 Å². The number of hydrogen-bond donors (Lipinski definition) is 0. The second-order valence-electron chi connectivity index (χ2n) is 6.98. The van der Waals surface area contributed by atoms with Gasteiger partial charge in [-0.2, -0.15) is 0 Å². The Labute approximate surface area is 145 Å². The lowest BCUT2D eigenvalue weighted by Crippen LogP contribution is -2.34. The van der Waals surface area contributed by atoms with Crippen molar-refractivity contribution in [3.05, 3.63) is 66.0 Å². The number of halogens is 1. The van der Waals surface area contributed by atoms with Crippen molar-refractivity contribution in [2.75, 3.05) is 24.5 Å². The smallest absolute Gasteiger partial charge is 0.253 e. The van der Waals surface area contributed by atoms with E-state index < -0.39 is 0 Å². The predicted molar refractivity (Wildman–Crippen MR) is 92.8 cm³/mol. The van der Waals surface area contributed by atoms with Crippen LogP contribution >= 0.6 is 0 Å². The minimum absolute atomic E-state index is 0.000361. The first-order valence-corrected chi connectivity index (χ1v) is 8.47. The second kappa shape index (κ2) is 5.99. The van der Waals surface area contributed by atoms with Gasteiger partial charge in [-0.15, -0.1) is 0 Å². The number of carbonyl (C=O) groups is 2. The van der Waals surface area contributed by atoms with Crippen LogP contribution < -0.4 is 4.90 Å². The van der Waals surface area contributed by atoms with Crippen molar-refractivity contribution in [2.45, 2.75) is 12.8 Å². The molecule has 2 amide bonds. The number of nitrogens with zero attached hydrogens (tertiary/aromatic N) is 2. The molecule has 0 unspecified atom stereocenters. The number of carbonyl (C=O) groups excluding carboxylic acids is 2. The van der Waals surface area contributed by atoms with Crippen LogP contribution in [-0.4, -0.2) is 36.3 Å². The Balaban J connectivity index is 1.51. The molecule has 0 aliphatic carbocycles. The van der Waals surface area contributed by atoms with E-state index in [4.69, 9.17) is 0 Å². The molecular weight excluding hydrogens is 319 g/mol. The lowest BCUT2D eigenvalue weighted by atomic mass is 9.86. The molecule has 1 atom stereocenters. The van der Waals surface area contributed by atoms with Crippen LogP contribution in [0.15, 0.2) is 54.6 Å². The number of amides is 2. The lowest BCUT2D eigenvalue weighted by Gasteiger charge is -2.24. The van der Waals surface area contributed by atoms with E-state index in [1.54, 1.807) is 17.0 Å². The monoisotopic (exact) mass is 338 g/mol. The van der Waals surface area contributed by atoms with Gasteiger partial charge in [0.25, 0.3) is 5.91 Å². The Hall–Kier alpha value is -2.69. The van der Waals surface area contributed by atoms with Gasteiger partial charge in [-0.3, -0.25) is 9.59 Å². The summed E-state index contributed by atoms with van der Waals surface area (Å²) >= 11 is 0. The first-order valence-electron chi connectivity index (χ1n) is 8.47.